The Morgan fingerprint density at radius 1 is 1.19 bits per heavy atom. The van der Waals surface area contributed by atoms with Gasteiger partial charge in [-0.15, -0.1) is 0 Å². The number of ether oxygens (including phenoxy) is 2. The Bertz CT molecular complexity index is 506. The van der Waals surface area contributed by atoms with Crippen LogP contribution in [0.5, 0.6) is 11.5 Å². The molecule has 2 aliphatic carbocycles. The third-order valence-electron chi connectivity index (χ3n) is 5.17. The summed E-state index contributed by atoms with van der Waals surface area (Å²) in [7, 11) is 3.25. The monoisotopic (exact) mass is 309 g/mol. The van der Waals surface area contributed by atoms with E-state index >= 15 is 0 Å². The molecule has 0 aromatic heterocycles. The minimum Gasteiger partial charge on any atom is -0.493 e. The van der Waals surface area contributed by atoms with Crippen LogP contribution in [0.3, 0.4) is 0 Å². The molecule has 3 atom stereocenters. The molecule has 3 unspecified atom stereocenters. The van der Waals surface area contributed by atoms with Gasteiger partial charge in [0.05, 0.1) is 19.2 Å². The summed E-state index contributed by atoms with van der Waals surface area (Å²) < 4.78 is 10.6. The van der Waals surface area contributed by atoms with Gasteiger partial charge in [-0.2, -0.15) is 0 Å². The second kappa shape index (κ2) is 6.45. The van der Waals surface area contributed by atoms with E-state index in [-0.39, 0.29) is 0 Å². The van der Waals surface area contributed by atoms with Crippen LogP contribution in [-0.4, -0.2) is 20.8 Å². The van der Waals surface area contributed by atoms with Gasteiger partial charge in [-0.05, 0) is 55.2 Å². The van der Waals surface area contributed by atoms with Crippen LogP contribution in [-0.2, 0) is 6.54 Å². The Kier molecular flexibility index (Phi) is 4.60. The zero-order valence-corrected chi connectivity index (χ0v) is 13.6. The third kappa shape index (κ3) is 3.00. The van der Waals surface area contributed by atoms with Crippen LogP contribution in [0.4, 0.5) is 0 Å². The fourth-order valence-electron chi connectivity index (χ4n) is 4.09. The fraction of sp³-hybridized carbons (Fsp3) is 0.647. The number of methoxy groups -OCH3 is 2. The zero-order chi connectivity index (χ0) is 14.8. The number of benzene rings is 1. The van der Waals surface area contributed by atoms with Gasteiger partial charge in [-0.25, -0.2) is 0 Å². The molecule has 2 saturated carbocycles. The summed E-state index contributed by atoms with van der Waals surface area (Å²) in [6.07, 6.45) is 5.78. The predicted octanol–water partition coefficient (Wildman–Crippen LogP) is 3.88. The normalized spacial score (nSPS) is 27.1. The summed E-state index contributed by atoms with van der Waals surface area (Å²) in [5, 5.41) is 4.23. The highest BCUT2D eigenvalue weighted by atomic mass is 35.5. The Morgan fingerprint density at radius 3 is 2.67 bits per heavy atom. The summed E-state index contributed by atoms with van der Waals surface area (Å²) in [4.78, 5) is 0. The highest BCUT2D eigenvalue weighted by molar-refractivity contribution is 6.33. The lowest BCUT2D eigenvalue weighted by molar-refractivity contribution is 0.318. The van der Waals surface area contributed by atoms with Gasteiger partial charge in [0, 0.05) is 6.54 Å². The molecular weight excluding hydrogens is 286 g/mol. The second-order valence-electron chi connectivity index (χ2n) is 6.34. The van der Waals surface area contributed by atoms with Crippen molar-refractivity contribution in [3.8, 4) is 11.5 Å². The first-order valence-electron chi connectivity index (χ1n) is 7.83. The van der Waals surface area contributed by atoms with Crippen molar-refractivity contribution in [3.05, 3.63) is 22.7 Å². The van der Waals surface area contributed by atoms with Gasteiger partial charge in [0.2, 0.25) is 0 Å². The van der Waals surface area contributed by atoms with Crippen LogP contribution >= 0.6 is 11.6 Å². The van der Waals surface area contributed by atoms with E-state index < -0.39 is 0 Å². The van der Waals surface area contributed by atoms with Gasteiger partial charge in [-0.1, -0.05) is 24.1 Å². The maximum Gasteiger partial charge on any atom is 0.179 e. The standard InChI is InChI=1S/C17H24ClNO2/c1-20-15-6-5-13(16(18)17(15)21-2)9-19-10-14-8-11-3-4-12(14)7-11/h5-6,11-12,14,19H,3-4,7-10H2,1-2H3. The molecule has 0 heterocycles. The van der Waals surface area contributed by atoms with Gasteiger partial charge in [-0.3, -0.25) is 0 Å². The minimum atomic E-state index is 0.624. The van der Waals surface area contributed by atoms with Crippen molar-refractivity contribution in [3.63, 3.8) is 0 Å². The van der Waals surface area contributed by atoms with Crippen LogP contribution in [0.1, 0.15) is 31.2 Å². The number of fused-ring (bicyclic) bond motifs is 2. The van der Waals surface area contributed by atoms with Crippen molar-refractivity contribution < 1.29 is 9.47 Å². The van der Waals surface area contributed by atoms with E-state index in [0.717, 1.165) is 36.4 Å². The van der Waals surface area contributed by atoms with E-state index in [1.54, 1.807) is 14.2 Å². The van der Waals surface area contributed by atoms with Crippen molar-refractivity contribution in [2.75, 3.05) is 20.8 Å². The van der Waals surface area contributed by atoms with Crippen LogP contribution in [0, 0.1) is 17.8 Å². The number of nitrogens with one attached hydrogen (secondary N) is 1. The smallest absolute Gasteiger partial charge is 0.179 e. The molecule has 21 heavy (non-hydrogen) atoms. The maximum absolute atomic E-state index is 6.41. The van der Waals surface area contributed by atoms with Crippen molar-refractivity contribution in [1.29, 1.82) is 0 Å². The topological polar surface area (TPSA) is 30.5 Å². The number of hydrogen-bond acceptors (Lipinski definition) is 3. The van der Waals surface area contributed by atoms with E-state index in [1.165, 1.54) is 25.7 Å². The summed E-state index contributed by atoms with van der Waals surface area (Å²) in [5.74, 6) is 4.13. The van der Waals surface area contributed by atoms with E-state index in [2.05, 4.69) is 5.32 Å². The Labute approximate surface area is 132 Å². The molecule has 2 aliphatic rings. The molecule has 3 nitrogen and oxygen atoms in total. The molecule has 2 bridgehead atoms. The predicted molar refractivity (Wildman–Crippen MR) is 85.2 cm³/mol. The van der Waals surface area contributed by atoms with Crippen LogP contribution in [0.2, 0.25) is 5.02 Å². The molecule has 1 N–H and O–H groups in total. The fourth-order valence-corrected chi connectivity index (χ4v) is 4.39. The molecule has 3 rings (SSSR count). The molecule has 1 aromatic rings. The summed E-state index contributed by atoms with van der Waals surface area (Å²) in [6.45, 7) is 1.89. The Balaban J connectivity index is 1.58. The van der Waals surface area contributed by atoms with E-state index in [0.29, 0.717) is 16.5 Å². The molecule has 0 saturated heterocycles. The van der Waals surface area contributed by atoms with Crippen molar-refractivity contribution in [2.45, 2.75) is 32.2 Å². The van der Waals surface area contributed by atoms with Gasteiger partial charge in [0.15, 0.2) is 11.5 Å². The first-order chi connectivity index (χ1) is 10.2. The van der Waals surface area contributed by atoms with Gasteiger partial charge >= 0.3 is 0 Å². The van der Waals surface area contributed by atoms with Gasteiger partial charge in [0.25, 0.3) is 0 Å². The maximum atomic E-state index is 6.41. The molecule has 0 aliphatic heterocycles. The molecule has 0 amide bonds. The van der Waals surface area contributed by atoms with Crippen molar-refractivity contribution >= 4 is 11.6 Å². The van der Waals surface area contributed by atoms with Crippen molar-refractivity contribution in [1.82, 2.24) is 5.32 Å². The third-order valence-corrected chi connectivity index (χ3v) is 5.59. The molecular formula is C17H24ClNO2. The Hall–Kier alpha value is -0.930. The number of hydrogen-bond donors (Lipinski definition) is 1. The lowest BCUT2D eigenvalue weighted by Gasteiger charge is -2.22. The summed E-state index contributed by atoms with van der Waals surface area (Å²) >= 11 is 6.41. The highest BCUT2D eigenvalue weighted by Crippen LogP contribution is 2.48. The second-order valence-corrected chi connectivity index (χ2v) is 6.72. The van der Waals surface area contributed by atoms with Gasteiger partial charge in [0.1, 0.15) is 0 Å². The SMILES string of the molecule is COc1ccc(CNCC2CC3CCC2C3)c(Cl)c1OC. The summed E-state index contributed by atoms with van der Waals surface area (Å²) in [5.41, 5.74) is 1.07. The minimum absolute atomic E-state index is 0.624. The van der Waals surface area contributed by atoms with Crippen LogP contribution in [0.15, 0.2) is 12.1 Å². The molecule has 2 fully saturated rings. The molecule has 4 heteroatoms. The quantitative estimate of drug-likeness (QED) is 0.865. The van der Waals surface area contributed by atoms with E-state index in [1.807, 2.05) is 12.1 Å². The molecule has 0 spiro atoms. The molecule has 116 valence electrons. The average molecular weight is 310 g/mol. The van der Waals surface area contributed by atoms with E-state index in [4.69, 9.17) is 21.1 Å². The number of halogens is 1. The lowest BCUT2D eigenvalue weighted by Crippen LogP contribution is -2.26. The largest absolute Gasteiger partial charge is 0.493 e. The molecule has 1 aromatic carbocycles. The molecule has 0 radical (unpaired) electrons. The number of rotatable bonds is 6. The first-order valence-corrected chi connectivity index (χ1v) is 8.20. The first kappa shape index (κ1) is 15.0. The van der Waals surface area contributed by atoms with Crippen molar-refractivity contribution in [2.24, 2.45) is 17.8 Å². The lowest BCUT2D eigenvalue weighted by atomic mass is 9.89. The van der Waals surface area contributed by atoms with Crippen LogP contribution in [0.25, 0.3) is 0 Å². The van der Waals surface area contributed by atoms with Crippen LogP contribution < -0.4 is 14.8 Å². The highest BCUT2D eigenvalue weighted by Gasteiger charge is 2.38. The van der Waals surface area contributed by atoms with E-state index in [9.17, 15) is 0 Å². The summed E-state index contributed by atoms with van der Waals surface area (Å²) in [6, 6.07) is 3.93. The zero-order valence-electron chi connectivity index (χ0n) is 12.8. The Morgan fingerprint density at radius 2 is 2.05 bits per heavy atom. The van der Waals surface area contributed by atoms with Gasteiger partial charge < -0.3 is 14.8 Å². The average Bonchev–Trinajstić information content (AvgIpc) is 3.11.